The molecule has 0 saturated carbocycles. The maximum absolute atomic E-state index is 5.28. The molecule has 0 amide bonds. The maximum atomic E-state index is 5.28. The zero-order chi connectivity index (χ0) is 39.9. The quantitative estimate of drug-likeness (QED) is 0.124. The Morgan fingerprint density at radius 3 is 1.70 bits per heavy atom. The summed E-state index contributed by atoms with van der Waals surface area (Å²) in [6, 6.07) is 61.6. The number of nitrogens with zero attached hydrogens (tertiary/aromatic N) is 3. The van der Waals surface area contributed by atoms with Crippen LogP contribution in [0.25, 0.3) is 60.3 Å². The van der Waals surface area contributed by atoms with Crippen LogP contribution in [0.4, 0.5) is 0 Å². The maximum Gasteiger partial charge on any atom is 0.161 e. The van der Waals surface area contributed by atoms with Crippen LogP contribution in [0.5, 0.6) is 0 Å². The number of aliphatic imine (C=N–C) groups is 2. The smallest absolute Gasteiger partial charge is 0.161 e. The Balaban J connectivity index is 0.000000494. The van der Waals surface area contributed by atoms with Gasteiger partial charge in [0.2, 0.25) is 0 Å². The first kappa shape index (κ1) is 38.4. The van der Waals surface area contributed by atoms with Crippen molar-refractivity contribution < 1.29 is 0 Å². The van der Waals surface area contributed by atoms with Gasteiger partial charge in [0.25, 0.3) is 0 Å². The van der Waals surface area contributed by atoms with Gasteiger partial charge in [-0.2, -0.15) is 0 Å². The monoisotopic (exact) mass is 739 g/mol. The highest BCUT2D eigenvalue weighted by Crippen LogP contribution is 2.38. The molecule has 0 radical (unpaired) electrons. The highest BCUT2D eigenvalue weighted by molar-refractivity contribution is 6.16. The van der Waals surface area contributed by atoms with Gasteiger partial charge >= 0.3 is 0 Å². The summed E-state index contributed by atoms with van der Waals surface area (Å²) >= 11 is 0. The lowest BCUT2D eigenvalue weighted by molar-refractivity contribution is 1.17. The van der Waals surface area contributed by atoms with Crippen LogP contribution < -0.4 is 0 Å². The number of rotatable bonds is 5. The number of fused-ring (bicyclic) bond motifs is 5. The molecular formula is C54H49N3. The second-order valence-corrected chi connectivity index (χ2v) is 14.1. The number of amidine groups is 1. The van der Waals surface area contributed by atoms with E-state index in [1.54, 1.807) is 0 Å². The molecule has 8 aromatic carbocycles. The lowest BCUT2D eigenvalue weighted by atomic mass is 9.95. The molecule has 3 nitrogen and oxygen atoms in total. The van der Waals surface area contributed by atoms with Crippen molar-refractivity contribution in [1.29, 1.82) is 0 Å². The van der Waals surface area contributed by atoms with E-state index in [-0.39, 0.29) is 0 Å². The molecule has 0 saturated heterocycles. The van der Waals surface area contributed by atoms with Gasteiger partial charge in [-0.05, 0) is 95.3 Å². The lowest BCUT2D eigenvalue weighted by Gasteiger charge is -2.14. The number of para-hydroxylation sites is 1. The number of benzene rings is 8. The highest BCUT2D eigenvalue weighted by Gasteiger charge is 2.18. The second kappa shape index (κ2) is 17.3. The molecule has 1 aromatic heterocycles. The fourth-order valence-corrected chi connectivity index (χ4v) is 7.48. The standard InChI is InChI=1S/C45H35N3.C7H8.C2H6/c1-29-13-5-10-18-39(29)40-25-26-42-41-19-11-12-20-43(41)48(44(42)30(40)2)32(4)47-45(38-24-22-34-15-7-9-17-37(34)28-38)46-31(3)35-23-21-33-14-6-8-16-36(33)27-35;1-7-5-3-2-4-6-7;1-2/h5-28H,4H2,1-3H3;2-6H,1H3;1-2H3/b46-31?,47-45-;;. The van der Waals surface area contributed by atoms with E-state index in [2.05, 4.69) is 197 Å². The van der Waals surface area contributed by atoms with Crippen LogP contribution in [0.15, 0.2) is 192 Å². The molecule has 0 aliphatic heterocycles. The van der Waals surface area contributed by atoms with Gasteiger partial charge in [-0.15, -0.1) is 0 Å². The zero-order valence-corrected chi connectivity index (χ0v) is 33.8. The van der Waals surface area contributed by atoms with Crippen molar-refractivity contribution in [3.05, 3.63) is 210 Å². The Labute approximate surface area is 337 Å². The highest BCUT2D eigenvalue weighted by atomic mass is 15.1. The number of hydrogen-bond acceptors (Lipinski definition) is 1. The van der Waals surface area contributed by atoms with Gasteiger partial charge in [-0.3, -0.25) is 4.57 Å². The molecule has 0 spiro atoms. The van der Waals surface area contributed by atoms with E-state index in [0.717, 1.165) is 33.3 Å². The zero-order valence-electron chi connectivity index (χ0n) is 33.8. The first-order valence-electron chi connectivity index (χ1n) is 19.8. The summed E-state index contributed by atoms with van der Waals surface area (Å²) in [5.74, 6) is 1.24. The molecule has 0 bridgehead atoms. The van der Waals surface area contributed by atoms with Crippen LogP contribution in [0.3, 0.4) is 0 Å². The Hall–Kier alpha value is -6.84. The molecular weight excluding hydrogens is 691 g/mol. The van der Waals surface area contributed by atoms with E-state index in [1.807, 2.05) is 32.0 Å². The normalized spacial score (nSPS) is 11.6. The van der Waals surface area contributed by atoms with E-state index in [9.17, 15) is 0 Å². The van der Waals surface area contributed by atoms with Crippen molar-refractivity contribution in [2.24, 2.45) is 9.98 Å². The number of aromatic nitrogens is 1. The van der Waals surface area contributed by atoms with E-state index >= 15 is 0 Å². The molecule has 0 aliphatic rings. The third kappa shape index (κ3) is 8.10. The van der Waals surface area contributed by atoms with Crippen LogP contribution in [0, 0.1) is 20.8 Å². The molecule has 0 unspecified atom stereocenters. The van der Waals surface area contributed by atoms with Crippen LogP contribution in [-0.2, 0) is 0 Å². The molecule has 9 aromatic rings. The summed E-state index contributed by atoms with van der Waals surface area (Å²) in [5, 5.41) is 7.06. The number of hydrogen-bond donors (Lipinski definition) is 0. The molecule has 0 fully saturated rings. The van der Waals surface area contributed by atoms with Crippen LogP contribution in [0.1, 0.15) is 48.6 Å². The minimum atomic E-state index is 0.615. The summed E-state index contributed by atoms with van der Waals surface area (Å²) in [4.78, 5) is 10.5. The second-order valence-electron chi connectivity index (χ2n) is 14.1. The van der Waals surface area contributed by atoms with Crippen molar-refractivity contribution in [3.63, 3.8) is 0 Å². The molecule has 3 heteroatoms. The van der Waals surface area contributed by atoms with E-state index < -0.39 is 0 Å². The lowest BCUT2D eigenvalue weighted by Crippen LogP contribution is -2.06. The van der Waals surface area contributed by atoms with Gasteiger partial charge in [0.15, 0.2) is 5.84 Å². The Morgan fingerprint density at radius 2 is 1.05 bits per heavy atom. The Morgan fingerprint density at radius 1 is 0.491 bits per heavy atom. The summed E-state index contributed by atoms with van der Waals surface area (Å²) in [5.41, 5.74) is 11.3. The SMILES string of the molecule is C=C(/N=C(\N=C(C)c1ccc2ccccc2c1)c1ccc2ccccc2c1)n1c2ccccc2c2ccc(-c3ccccc3C)c(C)c21.CC.Cc1ccccc1. The van der Waals surface area contributed by atoms with Crippen LogP contribution >= 0.6 is 0 Å². The minimum Gasteiger partial charge on any atom is -0.294 e. The third-order valence-corrected chi connectivity index (χ3v) is 10.4. The van der Waals surface area contributed by atoms with Gasteiger partial charge in [0, 0.05) is 22.0 Å². The average molecular weight is 740 g/mol. The first-order valence-corrected chi connectivity index (χ1v) is 19.8. The minimum absolute atomic E-state index is 0.615. The Bertz CT molecular complexity index is 2930. The molecule has 1 heterocycles. The van der Waals surface area contributed by atoms with Gasteiger partial charge in [0.05, 0.1) is 11.0 Å². The predicted octanol–water partition coefficient (Wildman–Crippen LogP) is 14.8. The molecule has 57 heavy (non-hydrogen) atoms. The summed E-state index contributed by atoms with van der Waals surface area (Å²) in [7, 11) is 0. The summed E-state index contributed by atoms with van der Waals surface area (Å²) < 4.78 is 2.21. The summed E-state index contributed by atoms with van der Waals surface area (Å²) in [6.07, 6.45) is 0. The fourth-order valence-electron chi connectivity index (χ4n) is 7.48. The van der Waals surface area contributed by atoms with Gasteiger partial charge in [0.1, 0.15) is 5.82 Å². The third-order valence-electron chi connectivity index (χ3n) is 10.4. The summed E-state index contributed by atoms with van der Waals surface area (Å²) in [6.45, 7) is 17.1. The van der Waals surface area contributed by atoms with E-state index in [0.29, 0.717) is 11.7 Å². The van der Waals surface area contributed by atoms with Crippen molar-refractivity contribution in [2.75, 3.05) is 0 Å². The fraction of sp³-hybridized carbons (Fsp3) is 0.111. The molecule has 9 rings (SSSR count). The molecule has 0 N–H and O–H groups in total. The largest absolute Gasteiger partial charge is 0.294 e. The molecule has 0 atom stereocenters. The van der Waals surface area contributed by atoms with Crippen molar-refractivity contribution in [3.8, 4) is 11.1 Å². The van der Waals surface area contributed by atoms with Gasteiger partial charge in [-0.1, -0.05) is 184 Å². The van der Waals surface area contributed by atoms with E-state index in [4.69, 9.17) is 9.98 Å². The Kier molecular flexibility index (Phi) is 11.7. The van der Waals surface area contributed by atoms with Crippen molar-refractivity contribution in [2.45, 2.75) is 41.5 Å². The van der Waals surface area contributed by atoms with Crippen LogP contribution in [0.2, 0.25) is 0 Å². The predicted molar refractivity (Wildman–Crippen MR) is 249 cm³/mol. The van der Waals surface area contributed by atoms with Gasteiger partial charge in [-0.25, -0.2) is 9.98 Å². The molecule has 280 valence electrons. The van der Waals surface area contributed by atoms with Crippen molar-refractivity contribution >= 4 is 60.7 Å². The topological polar surface area (TPSA) is 29.6 Å². The number of aryl methyl sites for hydroxylation is 3. The van der Waals surface area contributed by atoms with Crippen molar-refractivity contribution in [1.82, 2.24) is 4.57 Å². The van der Waals surface area contributed by atoms with Gasteiger partial charge < -0.3 is 0 Å². The van der Waals surface area contributed by atoms with Crippen LogP contribution in [-0.4, -0.2) is 16.1 Å². The first-order chi connectivity index (χ1) is 27.9. The average Bonchev–Trinajstić information content (AvgIpc) is 3.60. The van der Waals surface area contributed by atoms with E-state index in [1.165, 1.54) is 54.7 Å². The molecule has 0 aliphatic carbocycles.